The molecule has 1 spiro atoms. The lowest BCUT2D eigenvalue weighted by Gasteiger charge is -2.52. The van der Waals surface area contributed by atoms with Gasteiger partial charge in [0.15, 0.2) is 0 Å². The maximum Gasteiger partial charge on any atom is 0.433 e. The first-order valence-corrected chi connectivity index (χ1v) is 11.7. The SMILES string of the molecule is O=C1CC2(C1)CC(C(=O)NC1CCC(Nc3cc(C(F)(F)F)nc4ccc(Cl)cc34)CC1)C2. The van der Waals surface area contributed by atoms with E-state index in [1.165, 1.54) is 12.1 Å². The maximum absolute atomic E-state index is 13.3. The first kappa shape index (κ1) is 22.4. The molecule has 2 N–H and O–H groups in total. The van der Waals surface area contributed by atoms with Gasteiger partial charge in [-0.15, -0.1) is 0 Å². The third kappa shape index (κ3) is 4.54. The Morgan fingerprint density at radius 3 is 2.36 bits per heavy atom. The van der Waals surface area contributed by atoms with Crippen LogP contribution < -0.4 is 10.6 Å². The highest BCUT2D eigenvalue weighted by molar-refractivity contribution is 6.31. The van der Waals surface area contributed by atoms with Crippen molar-refractivity contribution in [2.24, 2.45) is 11.3 Å². The molecule has 176 valence electrons. The smallest absolute Gasteiger partial charge is 0.382 e. The van der Waals surface area contributed by atoms with Crippen molar-refractivity contribution in [2.75, 3.05) is 5.32 Å². The summed E-state index contributed by atoms with van der Waals surface area (Å²) in [6.07, 6.45) is 1.31. The Kier molecular flexibility index (Phi) is 5.54. The number of carbonyl (C=O) groups excluding carboxylic acids is 2. The van der Waals surface area contributed by atoms with Crippen LogP contribution in [0.25, 0.3) is 10.9 Å². The number of hydrogen-bond donors (Lipinski definition) is 2. The molecular formula is C24H25ClF3N3O2. The molecule has 0 aliphatic heterocycles. The molecule has 3 aliphatic rings. The first-order chi connectivity index (χ1) is 15.6. The minimum absolute atomic E-state index is 0.00247. The molecule has 5 nitrogen and oxygen atoms in total. The monoisotopic (exact) mass is 479 g/mol. The molecule has 1 aromatic heterocycles. The van der Waals surface area contributed by atoms with Crippen molar-refractivity contribution in [1.82, 2.24) is 10.3 Å². The molecule has 3 saturated carbocycles. The summed E-state index contributed by atoms with van der Waals surface area (Å²) in [4.78, 5) is 27.5. The number of rotatable bonds is 4. The summed E-state index contributed by atoms with van der Waals surface area (Å²) in [5.74, 6) is 0.370. The van der Waals surface area contributed by atoms with Gasteiger partial charge in [-0.1, -0.05) is 11.6 Å². The van der Waals surface area contributed by atoms with Gasteiger partial charge in [0.25, 0.3) is 0 Å². The van der Waals surface area contributed by atoms with Gasteiger partial charge < -0.3 is 10.6 Å². The average molecular weight is 480 g/mol. The van der Waals surface area contributed by atoms with Crippen LogP contribution in [-0.2, 0) is 15.8 Å². The topological polar surface area (TPSA) is 71.1 Å². The number of nitrogens with one attached hydrogen (secondary N) is 2. The number of pyridine rings is 1. The minimum Gasteiger partial charge on any atom is -0.382 e. The van der Waals surface area contributed by atoms with Crippen LogP contribution in [0.5, 0.6) is 0 Å². The number of hydrogen-bond acceptors (Lipinski definition) is 4. The van der Waals surface area contributed by atoms with Gasteiger partial charge in [-0.25, -0.2) is 4.98 Å². The summed E-state index contributed by atoms with van der Waals surface area (Å²) >= 11 is 6.08. The van der Waals surface area contributed by atoms with Crippen LogP contribution in [0.1, 0.15) is 57.1 Å². The van der Waals surface area contributed by atoms with E-state index in [2.05, 4.69) is 15.6 Å². The number of anilines is 1. The highest BCUT2D eigenvalue weighted by atomic mass is 35.5. The van der Waals surface area contributed by atoms with E-state index in [9.17, 15) is 22.8 Å². The van der Waals surface area contributed by atoms with Gasteiger partial charge in [0.2, 0.25) is 5.91 Å². The molecule has 5 rings (SSSR count). The molecule has 3 fully saturated rings. The van der Waals surface area contributed by atoms with Gasteiger partial charge >= 0.3 is 6.18 Å². The van der Waals surface area contributed by atoms with E-state index >= 15 is 0 Å². The van der Waals surface area contributed by atoms with E-state index in [4.69, 9.17) is 11.6 Å². The Morgan fingerprint density at radius 2 is 1.73 bits per heavy atom. The molecule has 9 heteroatoms. The fourth-order valence-corrected chi connectivity index (χ4v) is 5.80. The van der Waals surface area contributed by atoms with Crippen molar-refractivity contribution >= 4 is 39.9 Å². The van der Waals surface area contributed by atoms with Gasteiger partial charge in [-0.05, 0) is 68.2 Å². The summed E-state index contributed by atoms with van der Waals surface area (Å²) in [6, 6.07) is 5.76. The Balaban J connectivity index is 1.19. The van der Waals surface area contributed by atoms with Gasteiger partial charge in [0, 0.05) is 46.9 Å². The second-order valence-corrected chi connectivity index (χ2v) is 10.3. The van der Waals surface area contributed by atoms with Crippen molar-refractivity contribution < 1.29 is 22.8 Å². The second-order valence-electron chi connectivity index (χ2n) is 9.91. The van der Waals surface area contributed by atoms with E-state index in [-0.39, 0.29) is 34.8 Å². The Bertz CT molecular complexity index is 1100. The molecule has 2 aromatic rings. The Morgan fingerprint density at radius 1 is 1.06 bits per heavy atom. The summed E-state index contributed by atoms with van der Waals surface area (Å²) in [7, 11) is 0. The van der Waals surface area contributed by atoms with Crippen molar-refractivity contribution in [3.63, 3.8) is 0 Å². The van der Waals surface area contributed by atoms with Crippen LogP contribution in [-0.4, -0.2) is 28.8 Å². The van der Waals surface area contributed by atoms with Crippen molar-refractivity contribution in [2.45, 2.75) is 69.6 Å². The van der Waals surface area contributed by atoms with E-state index in [0.717, 1.165) is 44.6 Å². The Hall–Kier alpha value is -2.35. The van der Waals surface area contributed by atoms with Gasteiger partial charge in [-0.2, -0.15) is 13.2 Å². The lowest BCUT2D eigenvalue weighted by molar-refractivity contribution is -0.150. The average Bonchev–Trinajstić information content (AvgIpc) is 2.70. The minimum atomic E-state index is -4.54. The number of Topliss-reactive ketones (excluding diaryl/α,β-unsaturated/α-hetero) is 1. The predicted octanol–water partition coefficient (Wildman–Crippen LogP) is 5.51. The molecule has 1 amide bonds. The zero-order chi connectivity index (χ0) is 23.4. The number of ketones is 1. The zero-order valence-electron chi connectivity index (χ0n) is 18.0. The molecule has 0 radical (unpaired) electrons. The third-order valence-corrected chi connectivity index (χ3v) is 7.60. The normalized spacial score (nSPS) is 24.9. The maximum atomic E-state index is 13.3. The fourth-order valence-electron chi connectivity index (χ4n) is 5.63. The summed E-state index contributed by atoms with van der Waals surface area (Å²) < 4.78 is 40.0. The van der Waals surface area contributed by atoms with Crippen LogP contribution in [0.4, 0.5) is 18.9 Å². The summed E-state index contributed by atoms with van der Waals surface area (Å²) in [5, 5.41) is 7.40. The molecular weight excluding hydrogens is 455 g/mol. The molecule has 0 unspecified atom stereocenters. The van der Waals surface area contributed by atoms with Crippen molar-refractivity contribution in [3.8, 4) is 0 Å². The quantitative estimate of drug-likeness (QED) is 0.607. The number of benzene rings is 1. The Labute approximate surface area is 194 Å². The molecule has 0 bridgehead atoms. The number of alkyl halides is 3. The zero-order valence-corrected chi connectivity index (χ0v) is 18.7. The van der Waals surface area contributed by atoms with E-state index in [1.54, 1.807) is 6.07 Å². The second kappa shape index (κ2) is 8.15. The van der Waals surface area contributed by atoms with E-state index in [0.29, 0.717) is 34.7 Å². The van der Waals surface area contributed by atoms with E-state index < -0.39 is 11.9 Å². The fraction of sp³-hybridized carbons (Fsp3) is 0.542. The summed E-state index contributed by atoms with van der Waals surface area (Å²) in [6.45, 7) is 0. The van der Waals surface area contributed by atoms with Crippen LogP contribution in [0, 0.1) is 11.3 Å². The van der Waals surface area contributed by atoms with Crippen molar-refractivity contribution in [3.05, 3.63) is 35.0 Å². The van der Waals surface area contributed by atoms with Crippen LogP contribution >= 0.6 is 11.6 Å². The summed E-state index contributed by atoms with van der Waals surface area (Å²) in [5.41, 5.74) is -0.222. The number of carbonyl (C=O) groups is 2. The number of fused-ring (bicyclic) bond motifs is 1. The van der Waals surface area contributed by atoms with Crippen LogP contribution in [0.15, 0.2) is 24.3 Å². The number of halogens is 4. The third-order valence-electron chi connectivity index (χ3n) is 7.37. The molecule has 3 aliphatic carbocycles. The lowest BCUT2D eigenvalue weighted by Crippen LogP contribution is -2.54. The largest absolute Gasteiger partial charge is 0.433 e. The highest BCUT2D eigenvalue weighted by Crippen LogP contribution is 2.57. The van der Waals surface area contributed by atoms with E-state index in [1.807, 2.05) is 0 Å². The number of aromatic nitrogens is 1. The van der Waals surface area contributed by atoms with Gasteiger partial charge in [0.1, 0.15) is 11.5 Å². The number of nitrogens with zero attached hydrogens (tertiary/aromatic N) is 1. The molecule has 1 heterocycles. The first-order valence-electron chi connectivity index (χ1n) is 11.4. The van der Waals surface area contributed by atoms with Crippen LogP contribution in [0.2, 0.25) is 5.02 Å². The lowest BCUT2D eigenvalue weighted by atomic mass is 9.51. The molecule has 0 atom stereocenters. The van der Waals surface area contributed by atoms with Gasteiger partial charge in [-0.3, -0.25) is 9.59 Å². The highest BCUT2D eigenvalue weighted by Gasteiger charge is 2.54. The molecule has 1 aromatic carbocycles. The molecule has 33 heavy (non-hydrogen) atoms. The predicted molar refractivity (Wildman–Crippen MR) is 119 cm³/mol. The number of amides is 1. The standard InChI is InChI=1S/C24H25ClF3N3O2/c25-14-1-6-19-18(7-14)20(8-21(31-19)24(26,27)28)29-15-2-4-16(5-3-15)30-22(33)13-9-23(10-13)11-17(32)12-23/h1,6-8,13,15-16H,2-5,9-12H2,(H,29,31)(H,30,33). The van der Waals surface area contributed by atoms with Crippen LogP contribution in [0.3, 0.4) is 0 Å². The van der Waals surface area contributed by atoms with Gasteiger partial charge in [0.05, 0.1) is 5.52 Å². The van der Waals surface area contributed by atoms with Crippen molar-refractivity contribution in [1.29, 1.82) is 0 Å². The molecule has 0 saturated heterocycles.